The maximum Gasteiger partial charge on any atom is 0.243 e. The Kier molecular flexibility index (Phi) is 2.12. The van der Waals surface area contributed by atoms with Crippen LogP contribution in [0.15, 0.2) is 0 Å². The van der Waals surface area contributed by atoms with Crippen molar-refractivity contribution in [1.82, 2.24) is 14.8 Å². The van der Waals surface area contributed by atoms with E-state index in [1.165, 1.54) is 4.57 Å². The Morgan fingerprint density at radius 3 is 2.54 bits per heavy atom. The average Bonchev–Trinajstić information content (AvgIpc) is 2.30. The highest BCUT2D eigenvalue weighted by Crippen LogP contribution is 2.17. The van der Waals surface area contributed by atoms with Crippen molar-refractivity contribution in [3.63, 3.8) is 0 Å². The molecule has 0 aliphatic carbocycles. The summed E-state index contributed by atoms with van der Waals surface area (Å²) in [5.41, 5.74) is 9.74. The maximum atomic E-state index is 11.1. The van der Waals surface area contributed by atoms with E-state index in [0.29, 0.717) is 0 Å². The minimum absolute atomic E-state index is 0.147. The lowest BCUT2D eigenvalue weighted by atomic mass is 10.1. The number of primary amides is 1. The van der Waals surface area contributed by atoms with Crippen LogP contribution in [0.4, 0.5) is 5.95 Å². The Morgan fingerprint density at radius 2 is 2.23 bits per heavy atom. The molecule has 1 rings (SSSR count). The van der Waals surface area contributed by atoms with Gasteiger partial charge in [0, 0.05) is 0 Å². The van der Waals surface area contributed by atoms with E-state index in [4.69, 9.17) is 23.7 Å². The monoisotopic (exact) mass is 201 g/mol. The number of aromatic amines is 1. The van der Waals surface area contributed by atoms with Gasteiger partial charge in [0.25, 0.3) is 0 Å². The van der Waals surface area contributed by atoms with E-state index in [-0.39, 0.29) is 10.7 Å². The Balaban J connectivity index is 3.37. The van der Waals surface area contributed by atoms with Gasteiger partial charge in [0.2, 0.25) is 11.9 Å². The zero-order valence-electron chi connectivity index (χ0n) is 7.37. The molecule has 6 nitrogen and oxygen atoms in total. The number of hydrogen-bond acceptors (Lipinski definition) is 4. The molecular formula is C6H11N5OS. The fourth-order valence-corrected chi connectivity index (χ4v) is 1.33. The molecule has 0 bridgehead atoms. The van der Waals surface area contributed by atoms with Gasteiger partial charge in [-0.3, -0.25) is 9.36 Å². The second-order valence-corrected chi connectivity index (χ2v) is 3.53. The summed E-state index contributed by atoms with van der Waals surface area (Å²) in [7, 11) is 0. The Hall–Kier alpha value is -1.37. The summed E-state index contributed by atoms with van der Waals surface area (Å²) in [5, 5.41) is 6.16. The molecule has 0 aliphatic rings. The van der Waals surface area contributed by atoms with Crippen molar-refractivity contribution in [2.24, 2.45) is 5.73 Å². The summed E-state index contributed by atoms with van der Waals surface area (Å²) in [6, 6.07) is 0. The number of nitrogen functional groups attached to an aromatic ring is 1. The molecule has 5 N–H and O–H groups in total. The molecule has 0 aromatic carbocycles. The predicted molar refractivity (Wildman–Crippen MR) is 50.3 cm³/mol. The molecule has 1 amide bonds. The van der Waals surface area contributed by atoms with E-state index in [0.717, 1.165) is 0 Å². The molecule has 1 heterocycles. The SMILES string of the molecule is CC(C)(C(N)=O)n1c(N)n[nH]c1=S. The van der Waals surface area contributed by atoms with Crippen LogP contribution < -0.4 is 11.5 Å². The molecule has 0 atom stereocenters. The third-order valence-electron chi connectivity index (χ3n) is 1.86. The first-order valence-electron chi connectivity index (χ1n) is 3.60. The average molecular weight is 201 g/mol. The van der Waals surface area contributed by atoms with Crippen molar-refractivity contribution < 1.29 is 4.79 Å². The van der Waals surface area contributed by atoms with Crippen LogP contribution in [0.2, 0.25) is 0 Å². The number of aromatic nitrogens is 3. The number of rotatable bonds is 2. The molecule has 7 heteroatoms. The minimum atomic E-state index is -0.964. The van der Waals surface area contributed by atoms with Crippen LogP contribution in [0, 0.1) is 4.77 Å². The number of nitrogens with zero attached hydrogens (tertiary/aromatic N) is 2. The van der Waals surface area contributed by atoms with Gasteiger partial charge in [0.1, 0.15) is 5.54 Å². The second kappa shape index (κ2) is 2.84. The zero-order valence-corrected chi connectivity index (χ0v) is 8.18. The number of nitrogens with two attached hydrogens (primary N) is 2. The van der Waals surface area contributed by atoms with Crippen molar-refractivity contribution in [1.29, 1.82) is 0 Å². The van der Waals surface area contributed by atoms with Gasteiger partial charge in [-0.25, -0.2) is 5.10 Å². The van der Waals surface area contributed by atoms with Crippen LogP contribution in [0.25, 0.3) is 0 Å². The topological polar surface area (TPSA) is 103 Å². The summed E-state index contributed by atoms with van der Waals surface area (Å²) >= 11 is 4.90. The predicted octanol–water partition coefficient (Wildman–Crippen LogP) is -0.257. The summed E-state index contributed by atoms with van der Waals surface area (Å²) < 4.78 is 1.66. The second-order valence-electron chi connectivity index (χ2n) is 3.15. The fourth-order valence-electron chi connectivity index (χ4n) is 0.960. The summed E-state index contributed by atoms with van der Waals surface area (Å²) in [5.74, 6) is -0.370. The van der Waals surface area contributed by atoms with Gasteiger partial charge < -0.3 is 11.5 Å². The number of carbonyl (C=O) groups excluding carboxylic acids is 1. The molecule has 13 heavy (non-hydrogen) atoms. The highest BCUT2D eigenvalue weighted by Gasteiger charge is 2.30. The van der Waals surface area contributed by atoms with Gasteiger partial charge >= 0.3 is 0 Å². The molecule has 1 aromatic rings. The molecule has 0 fully saturated rings. The highest BCUT2D eigenvalue weighted by atomic mass is 32.1. The van der Waals surface area contributed by atoms with Crippen molar-refractivity contribution in [2.45, 2.75) is 19.4 Å². The van der Waals surface area contributed by atoms with E-state index >= 15 is 0 Å². The molecule has 0 aliphatic heterocycles. The lowest BCUT2D eigenvalue weighted by molar-refractivity contribution is -0.125. The number of hydrogen-bond donors (Lipinski definition) is 3. The Bertz CT molecular complexity index is 390. The van der Waals surface area contributed by atoms with Crippen LogP contribution in [0.1, 0.15) is 13.8 Å². The smallest absolute Gasteiger partial charge is 0.243 e. The van der Waals surface area contributed by atoms with Gasteiger partial charge in [0.05, 0.1) is 0 Å². The van der Waals surface area contributed by atoms with E-state index in [9.17, 15) is 4.79 Å². The van der Waals surface area contributed by atoms with E-state index < -0.39 is 11.4 Å². The third-order valence-corrected chi connectivity index (χ3v) is 2.13. The van der Waals surface area contributed by atoms with Crippen LogP contribution in [0.3, 0.4) is 0 Å². The van der Waals surface area contributed by atoms with E-state index in [1.54, 1.807) is 13.8 Å². The molecule has 1 aromatic heterocycles. The summed E-state index contributed by atoms with van der Waals surface area (Å²) in [6.45, 7) is 3.24. The van der Waals surface area contributed by atoms with Crippen molar-refractivity contribution in [3.8, 4) is 0 Å². The normalized spacial score (nSPS) is 11.5. The minimum Gasteiger partial charge on any atom is -0.368 e. The quantitative estimate of drug-likeness (QED) is 0.574. The van der Waals surface area contributed by atoms with Crippen LogP contribution in [-0.4, -0.2) is 20.7 Å². The Morgan fingerprint density at radius 1 is 1.69 bits per heavy atom. The zero-order chi connectivity index (χ0) is 10.2. The van der Waals surface area contributed by atoms with Gasteiger partial charge in [-0.1, -0.05) is 0 Å². The molecule has 0 saturated carbocycles. The van der Waals surface area contributed by atoms with E-state index in [2.05, 4.69) is 10.2 Å². The summed E-state index contributed by atoms with van der Waals surface area (Å²) in [4.78, 5) is 11.1. The lowest BCUT2D eigenvalue weighted by Crippen LogP contribution is -2.41. The molecular weight excluding hydrogens is 190 g/mol. The first-order valence-corrected chi connectivity index (χ1v) is 4.01. The van der Waals surface area contributed by atoms with E-state index in [1.807, 2.05) is 0 Å². The van der Waals surface area contributed by atoms with Gasteiger partial charge in [-0.15, -0.1) is 5.10 Å². The molecule has 0 radical (unpaired) electrons. The number of anilines is 1. The van der Waals surface area contributed by atoms with Gasteiger partial charge in [-0.05, 0) is 26.1 Å². The number of amides is 1. The molecule has 0 spiro atoms. The standard InChI is InChI=1S/C6H11N5OS/c1-6(2,3(7)12)11-4(8)9-10-5(11)13/h1-2H3,(H2,7,12)(H2,8,9)(H,10,13). The van der Waals surface area contributed by atoms with Crippen LogP contribution >= 0.6 is 12.2 Å². The fraction of sp³-hybridized carbons (Fsp3) is 0.500. The first kappa shape index (κ1) is 9.72. The Labute approximate surface area is 79.9 Å². The highest BCUT2D eigenvalue weighted by molar-refractivity contribution is 7.71. The number of carbonyl (C=O) groups is 1. The number of nitrogens with one attached hydrogen (secondary N) is 1. The van der Waals surface area contributed by atoms with Crippen LogP contribution in [0.5, 0.6) is 0 Å². The van der Waals surface area contributed by atoms with Gasteiger partial charge in [0.15, 0.2) is 4.77 Å². The summed E-state index contributed by atoms with van der Waals surface area (Å²) in [6.07, 6.45) is 0. The van der Waals surface area contributed by atoms with Crippen molar-refractivity contribution in [3.05, 3.63) is 4.77 Å². The molecule has 0 saturated heterocycles. The van der Waals surface area contributed by atoms with Crippen molar-refractivity contribution >= 4 is 24.1 Å². The van der Waals surface area contributed by atoms with Gasteiger partial charge in [-0.2, -0.15) is 0 Å². The third kappa shape index (κ3) is 1.42. The van der Waals surface area contributed by atoms with Crippen LogP contribution in [-0.2, 0) is 10.3 Å². The first-order chi connectivity index (χ1) is 5.87. The molecule has 72 valence electrons. The molecule has 0 unspecified atom stereocenters. The lowest BCUT2D eigenvalue weighted by Gasteiger charge is -2.22. The number of H-pyrrole nitrogens is 1. The maximum absolute atomic E-state index is 11.1. The largest absolute Gasteiger partial charge is 0.368 e. The van der Waals surface area contributed by atoms with Crippen molar-refractivity contribution in [2.75, 3.05) is 5.73 Å².